The largest absolute Gasteiger partial charge is 0.381 e. The molecule has 5 heteroatoms. The lowest BCUT2D eigenvalue weighted by Gasteiger charge is -2.08. The van der Waals surface area contributed by atoms with Crippen LogP contribution in [0.3, 0.4) is 0 Å². The summed E-state index contributed by atoms with van der Waals surface area (Å²) in [5.41, 5.74) is 0. The van der Waals surface area contributed by atoms with Crippen molar-refractivity contribution in [1.29, 1.82) is 0 Å². The first-order valence-electron chi connectivity index (χ1n) is 4.47. The maximum absolute atomic E-state index is 5.31. The highest BCUT2D eigenvalue weighted by molar-refractivity contribution is 7.71. The van der Waals surface area contributed by atoms with Gasteiger partial charge in [0, 0.05) is 19.1 Å². The molecule has 0 saturated carbocycles. The lowest BCUT2D eigenvalue weighted by atomic mass is 10.1. The minimum atomic E-state index is 0.600. The second-order valence-electron chi connectivity index (χ2n) is 3.42. The molecule has 1 aliphatic rings. The summed E-state index contributed by atoms with van der Waals surface area (Å²) >= 11 is 5.11. The molecule has 1 aliphatic heterocycles. The van der Waals surface area contributed by atoms with E-state index in [9.17, 15) is 0 Å². The van der Waals surface area contributed by atoms with E-state index in [0.29, 0.717) is 10.7 Å². The smallest absolute Gasteiger partial charge is 0.195 e. The van der Waals surface area contributed by atoms with Crippen LogP contribution in [0.5, 0.6) is 0 Å². The first-order chi connectivity index (χ1) is 6.27. The van der Waals surface area contributed by atoms with Gasteiger partial charge in [-0.25, -0.2) is 0 Å². The quantitative estimate of drug-likeness (QED) is 0.730. The topological polar surface area (TPSA) is 42.8 Å². The van der Waals surface area contributed by atoms with Crippen LogP contribution in [0.25, 0.3) is 0 Å². The molecule has 0 spiro atoms. The van der Waals surface area contributed by atoms with Crippen LogP contribution in [0.2, 0.25) is 0 Å². The number of nitrogens with one attached hydrogen (secondary N) is 1. The number of hydrogen-bond donors (Lipinski definition) is 1. The molecule has 2 heterocycles. The molecule has 1 N–H and O–H groups in total. The van der Waals surface area contributed by atoms with Crippen molar-refractivity contribution in [1.82, 2.24) is 14.8 Å². The number of hydrogen-bond acceptors (Lipinski definition) is 3. The summed E-state index contributed by atoms with van der Waals surface area (Å²) in [4.78, 5) is 0. The van der Waals surface area contributed by atoms with Crippen molar-refractivity contribution in [2.75, 3.05) is 13.2 Å². The number of nitrogens with zero attached hydrogens (tertiary/aromatic N) is 2. The van der Waals surface area contributed by atoms with Crippen LogP contribution in [0, 0.1) is 17.6 Å². The summed E-state index contributed by atoms with van der Waals surface area (Å²) in [5.74, 6) is 1.56. The average molecular weight is 199 g/mol. The third kappa shape index (κ3) is 1.81. The van der Waals surface area contributed by atoms with E-state index in [4.69, 9.17) is 17.0 Å². The van der Waals surface area contributed by atoms with Gasteiger partial charge in [-0.3, -0.25) is 5.10 Å². The molecule has 0 bridgehead atoms. The number of rotatable bonds is 2. The molecule has 72 valence electrons. The fourth-order valence-corrected chi connectivity index (χ4v) is 1.85. The lowest BCUT2D eigenvalue weighted by Crippen LogP contribution is -2.11. The van der Waals surface area contributed by atoms with Gasteiger partial charge in [-0.15, -0.1) is 0 Å². The predicted octanol–water partition coefficient (Wildman–Crippen LogP) is 1.29. The summed E-state index contributed by atoms with van der Waals surface area (Å²) in [6.45, 7) is 4.63. The van der Waals surface area contributed by atoms with Crippen molar-refractivity contribution in [2.45, 2.75) is 19.9 Å². The third-order valence-corrected chi connectivity index (χ3v) is 2.73. The maximum atomic E-state index is 5.31. The van der Waals surface area contributed by atoms with Gasteiger partial charge in [0.15, 0.2) is 4.77 Å². The molecule has 2 rings (SSSR count). The molecule has 1 aromatic rings. The Kier molecular flexibility index (Phi) is 2.46. The van der Waals surface area contributed by atoms with Crippen molar-refractivity contribution < 1.29 is 4.74 Å². The molecule has 13 heavy (non-hydrogen) atoms. The van der Waals surface area contributed by atoms with Crippen LogP contribution in [0.4, 0.5) is 0 Å². The zero-order chi connectivity index (χ0) is 9.26. The maximum Gasteiger partial charge on any atom is 0.195 e. The number of ether oxygens (including phenoxy) is 1. The van der Waals surface area contributed by atoms with Gasteiger partial charge in [-0.1, -0.05) is 0 Å². The second-order valence-corrected chi connectivity index (χ2v) is 3.80. The normalized spacial score (nSPS) is 22.4. The Bertz CT molecular complexity index is 337. The molecule has 1 saturated heterocycles. The standard InChI is InChI=1S/C8H13N3OS/c1-6-9-10-8(13)11(6)4-7-2-3-12-5-7/h7H,2-5H2,1H3,(H,10,13). The number of aromatic nitrogens is 3. The minimum absolute atomic E-state index is 0.600. The molecule has 0 radical (unpaired) electrons. The Morgan fingerprint density at radius 2 is 2.62 bits per heavy atom. The molecule has 1 aromatic heterocycles. The van der Waals surface area contributed by atoms with E-state index in [-0.39, 0.29) is 0 Å². The molecular weight excluding hydrogens is 186 g/mol. The Balaban J connectivity index is 2.12. The van der Waals surface area contributed by atoms with E-state index in [1.807, 2.05) is 11.5 Å². The summed E-state index contributed by atoms with van der Waals surface area (Å²) in [7, 11) is 0. The summed E-state index contributed by atoms with van der Waals surface area (Å²) in [6.07, 6.45) is 1.13. The molecule has 1 fully saturated rings. The van der Waals surface area contributed by atoms with E-state index < -0.39 is 0 Å². The first-order valence-corrected chi connectivity index (χ1v) is 4.88. The third-order valence-electron chi connectivity index (χ3n) is 2.41. The molecule has 1 unspecified atom stereocenters. The first kappa shape index (κ1) is 8.90. The van der Waals surface area contributed by atoms with Crippen molar-refractivity contribution >= 4 is 12.2 Å². The van der Waals surface area contributed by atoms with Crippen molar-refractivity contribution in [3.8, 4) is 0 Å². The van der Waals surface area contributed by atoms with Gasteiger partial charge in [0.05, 0.1) is 6.61 Å². The lowest BCUT2D eigenvalue weighted by molar-refractivity contribution is 0.182. The molecule has 0 amide bonds. The van der Waals surface area contributed by atoms with Gasteiger partial charge in [0.2, 0.25) is 0 Å². The predicted molar refractivity (Wildman–Crippen MR) is 51.1 cm³/mol. The Hall–Kier alpha value is -0.680. The van der Waals surface area contributed by atoms with Crippen molar-refractivity contribution in [2.24, 2.45) is 5.92 Å². The van der Waals surface area contributed by atoms with Crippen LogP contribution in [-0.4, -0.2) is 28.0 Å². The van der Waals surface area contributed by atoms with E-state index in [2.05, 4.69) is 10.2 Å². The van der Waals surface area contributed by atoms with Gasteiger partial charge in [-0.2, -0.15) is 5.10 Å². The molecule has 0 aromatic carbocycles. The van der Waals surface area contributed by atoms with Crippen LogP contribution in [0.1, 0.15) is 12.2 Å². The van der Waals surface area contributed by atoms with Gasteiger partial charge < -0.3 is 9.30 Å². The van der Waals surface area contributed by atoms with Gasteiger partial charge >= 0.3 is 0 Å². The zero-order valence-electron chi connectivity index (χ0n) is 7.62. The number of aryl methyl sites for hydroxylation is 1. The minimum Gasteiger partial charge on any atom is -0.381 e. The van der Waals surface area contributed by atoms with Crippen LogP contribution in [-0.2, 0) is 11.3 Å². The Labute approximate surface area is 81.9 Å². The monoisotopic (exact) mass is 199 g/mol. The Morgan fingerprint density at radius 3 is 3.15 bits per heavy atom. The molecular formula is C8H13N3OS. The van der Waals surface area contributed by atoms with E-state index in [1.165, 1.54) is 0 Å². The van der Waals surface area contributed by atoms with Crippen LogP contribution >= 0.6 is 12.2 Å². The SMILES string of the molecule is Cc1n[nH]c(=S)n1CC1CCOC1. The average Bonchev–Trinajstić information content (AvgIpc) is 2.70. The van der Waals surface area contributed by atoms with E-state index in [0.717, 1.165) is 32.0 Å². The van der Waals surface area contributed by atoms with Gasteiger partial charge in [-0.05, 0) is 25.6 Å². The van der Waals surface area contributed by atoms with Gasteiger partial charge in [0.1, 0.15) is 5.82 Å². The molecule has 4 nitrogen and oxygen atoms in total. The highest BCUT2D eigenvalue weighted by atomic mass is 32.1. The zero-order valence-corrected chi connectivity index (χ0v) is 8.43. The highest BCUT2D eigenvalue weighted by Crippen LogP contribution is 2.15. The Morgan fingerprint density at radius 1 is 1.77 bits per heavy atom. The fraction of sp³-hybridized carbons (Fsp3) is 0.750. The summed E-state index contributed by atoms with van der Waals surface area (Å²) in [5, 5.41) is 6.85. The second kappa shape index (κ2) is 3.59. The molecule has 0 aliphatic carbocycles. The van der Waals surface area contributed by atoms with Crippen LogP contribution in [0.15, 0.2) is 0 Å². The van der Waals surface area contributed by atoms with E-state index >= 15 is 0 Å². The van der Waals surface area contributed by atoms with Gasteiger partial charge in [0.25, 0.3) is 0 Å². The number of H-pyrrole nitrogens is 1. The van der Waals surface area contributed by atoms with E-state index in [1.54, 1.807) is 0 Å². The molecule has 1 atom stereocenters. The van der Waals surface area contributed by atoms with Crippen molar-refractivity contribution in [3.63, 3.8) is 0 Å². The number of aromatic amines is 1. The summed E-state index contributed by atoms with van der Waals surface area (Å²) < 4.78 is 8.06. The highest BCUT2D eigenvalue weighted by Gasteiger charge is 2.17. The summed E-state index contributed by atoms with van der Waals surface area (Å²) in [6, 6.07) is 0. The van der Waals surface area contributed by atoms with Crippen LogP contribution < -0.4 is 0 Å². The fourth-order valence-electron chi connectivity index (χ4n) is 1.60. The van der Waals surface area contributed by atoms with Crippen molar-refractivity contribution in [3.05, 3.63) is 10.6 Å².